The molecule has 2 amide bonds. The third-order valence-electron chi connectivity index (χ3n) is 3.82. The molecule has 27 heavy (non-hydrogen) atoms. The number of benzene rings is 1. The van der Waals surface area contributed by atoms with Crippen LogP contribution in [-0.4, -0.2) is 17.6 Å². The minimum absolute atomic E-state index is 0.0169. The maximum Gasteiger partial charge on any atom is 0.291 e. The van der Waals surface area contributed by atoms with E-state index >= 15 is 0 Å². The van der Waals surface area contributed by atoms with E-state index in [2.05, 4.69) is 10.6 Å². The molecule has 0 fully saturated rings. The van der Waals surface area contributed by atoms with Crippen molar-refractivity contribution in [2.75, 3.05) is 5.32 Å². The van der Waals surface area contributed by atoms with Gasteiger partial charge < -0.3 is 15.1 Å². The molecular weight excluding hydrogens is 364 g/mol. The van der Waals surface area contributed by atoms with E-state index in [9.17, 15) is 14.4 Å². The van der Waals surface area contributed by atoms with Gasteiger partial charge in [-0.2, -0.15) is 0 Å². The lowest BCUT2D eigenvalue weighted by Crippen LogP contribution is -2.23. The van der Waals surface area contributed by atoms with Crippen molar-refractivity contribution in [2.45, 2.75) is 19.4 Å². The van der Waals surface area contributed by atoms with Crippen LogP contribution in [0, 0.1) is 0 Å². The first-order valence-corrected chi connectivity index (χ1v) is 9.27. The fraction of sp³-hybridized carbons (Fsp3) is 0.150. The Morgan fingerprint density at radius 2 is 1.78 bits per heavy atom. The molecule has 0 radical (unpaired) electrons. The van der Waals surface area contributed by atoms with Gasteiger partial charge in [-0.15, -0.1) is 11.3 Å². The van der Waals surface area contributed by atoms with Crippen LogP contribution in [0.5, 0.6) is 0 Å². The van der Waals surface area contributed by atoms with Gasteiger partial charge in [0.15, 0.2) is 11.5 Å². The Bertz CT molecular complexity index is 900. The fourth-order valence-electron chi connectivity index (χ4n) is 2.38. The smallest absolute Gasteiger partial charge is 0.291 e. The molecule has 3 rings (SSSR count). The van der Waals surface area contributed by atoms with Gasteiger partial charge in [0.25, 0.3) is 5.91 Å². The summed E-state index contributed by atoms with van der Waals surface area (Å²) in [5.41, 5.74) is 1.52. The summed E-state index contributed by atoms with van der Waals surface area (Å²) in [5.74, 6) is -0.271. The standard InChI is InChI=1S/C20H18N2O4S/c23-16(18-4-2-12-27-18)9-10-19(24)21-13-14-5-7-15(8-6-14)22-20(25)17-3-1-11-26-17/h1-8,11-12H,9-10,13H2,(H,21,24)(H,22,25). The Hall–Kier alpha value is -3.19. The number of ketones is 1. The number of carbonyl (C=O) groups is 3. The van der Waals surface area contributed by atoms with Gasteiger partial charge >= 0.3 is 0 Å². The molecule has 1 aromatic carbocycles. The van der Waals surface area contributed by atoms with Gasteiger partial charge in [0.05, 0.1) is 11.1 Å². The van der Waals surface area contributed by atoms with Crippen LogP contribution < -0.4 is 10.6 Å². The highest BCUT2D eigenvalue weighted by Crippen LogP contribution is 2.13. The van der Waals surface area contributed by atoms with Crippen LogP contribution in [0.4, 0.5) is 5.69 Å². The van der Waals surface area contributed by atoms with Crippen molar-refractivity contribution < 1.29 is 18.8 Å². The number of amides is 2. The van der Waals surface area contributed by atoms with Crippen LogP contribution in [0.1, 0.15) is 38.6 Å². The summed E-state index contributed by atoms with van der Waals surface area (Å²) in [5, 5.41) is 7.36. The molecule has 7 heteroatoms. The molecule has 0 aliphatic rings. The average molecular weight is 382 g/mol. The number of furan rings is 1. The summed E-state index contributed by atoms with van der Waals surface area (Å²) in [6.07, 6.45) is 1.80. The van der Waals surface area contributed by atoms with Crippen molar-refractivity contribution in [3.63, 3.8) is 0 Å². The number of anilines is 1. The second-order valence-corrected chi connectivity index (χ2v) is 6.75. The Kier molecular flexibility index (Phi) is 6.17. The van der Waals surface area contributed by atoms with Crippen molar-refractivity contribution in [3.8, 4) is 0 Å². The summed E-state index contributed by atoms with van der Waals surface area (Å²) in [6.45, 7) is 0.360. The normalized spacial score (nSPS) is 10.4. The van der Waals surface area contributed by atoms with E-state index in [1.54, 1.807) is 30.3 Å². The van der Waals surface area contributed by atoms with E-state index in [-0.39, 0.29) is 36.2 Å². The molecule has 0 saturated heterocycles. The minimum Gasteiger partial charge on any atom is -0.459 e. The van der Waals surface area contributed by atoms with Gasteiger partial charge in [-0.05, 0) is 41.3 Å². The number of nitrogens with one attached hydrogen (secondary N) is 2. The molecule has 0 saturated carbocycles. The third-order valence-corrected chi connectivity index (χ3v) is 4.73. The second-order valence-electron chi connectivity index (χ2n) is 5.81. The number of carbonyl (C=O) groups excluding carboxylic acids is 3. The van der Waals surface area contributed by atoms with E-state index in [4.69, 9.17) is 4.42 Å². The van der Waals surface area contributed by atoms with Gasteiger partial charge in [-0.25, -0.2) is 0 Å². The maximum atomic E-state index is 11.9. The first-order chi connectivity index (χ1) is 13.1. The first kappa shape index (κ1) is 18.6. The van der Waals surface area contributed by atoms with Gasteiger partial charge in [0, 0.05) is 25.1 Å². The quantitative estimate of drug-likeness (QED) is 0.579. The molecule has 0 aliphatic heterocycles. The molecule has 0 spiro atoms. The van der Waals surface area contributed by atoms with Gasteiger partial charge in [0.1, 0.15) is 0 Å². The van der Waals surface area contributed by atoms with Crippen LogP contribution >= 0.6 is 11.3 Å². The number of rotatable bonds is 8. The van der Waals surface area contributed by atoms with Crippen molar-refractivity contribution in [2.24, 2.45) is 0 Å². The predicted octanol–water partition coefficient (Wildman–Crippen LogP) is 3.87. The monoisotopic (exact) mass is 382 g/mol. The summed E-state index contributed by atoms with van der Waals surface area (Å²) < 4.78 is 5.04. The third kappa shape index (κ3) is 5.39. The number of hydrogen-bond acceptors (Lipinski definition) is 5. The number of Topliss-reactive ketones (excluding diaryl/α,β-unsaturated/α-hetero) is 1. The Balaban J connectivity index is 1.42. The van der Waals surface area contributed by atoms with Crippen LogP contribution in [0.25, 0.3) is 0 Å². The summed E-state index contributed by atoms with van der Waals surface area (Å²) >= 11 is 1.38. The van der Waals surface area contributed by atoms with Crippen molar-refractivity contribution >= 4 is 34.6 Å². The average Bonchev–Trinajstić information content (AvgIpc) is 3.39. The number of thiophene rings is 1. The molecule has 3 aromatic rings. The lowest BCUT2D eigenvalue weighted by atomic mass is 10.1. The lowest BCUT2D eigenvalue weighted by molar-refractivity contribution is -0.121. The molecular formula is C20H18N2O4S. The van der Waals surface area contributed by atoms with E-state index in [0.717, 1.165) is 5.56 Å². The summed E-state index contributed by atoms with van der Waals surface area (Å²) in [4.78, 5) is 36.4. The van der Waals surface area contributed by atoms with E-state index < -0.39 is 0 Å². The predicted molar refractivity (Wildman–Crippen MR) is 103 cm³/mol. The zero-order chi connectivity index (χ0) is 19.1. The molecule has 0 unspecified atom stereocenters. The summed E-state index contributed by atoms with van der Waals surface area (Å²) in [6, 6.07) is 13.9. The summed E-state index contributed by atoms with van der Waals surface area (Å²) in [7, 11) is 0. The molecule has 0 atom stereocenters. The highest BCUT2D eigenvalue weighted by atomic mass is 32.1. The Morgan fingerprint density at radius 3 is 2.44 bits per heavy atom. The zero-order valence-corrected chi connectivity index (χ0v) is 15.3. The maximum absolute atomic E-state index is 11.9. The fourth-order valence-corrected chi connectivity index (χ4v) is 3.08. The Labute approximate surface area is 160 Å². The van der Waals surface area contributed by atoms with Crippen LogP contribution in [-0.2, 0) is 11.3 Å². The highest BCUT2D eigenvalue weighted by molar-refractivity contribution is 7.12. The molecule has 2 aromatic heterocycles. The van der Waals surface area contributed by atoms with Crippen LogP contribution in [0.2, 0.25) is 0 Å². The molecule has 2 heterocycles. The first-order valence-electron chi connectivity index (χ1n) is 8.39. The van der Waals surface area contributed by atoms with Gasteiger partial charge in [-0.1, -0.05) is 18.2 Å². The SMILES string of the molecule is O=C(CCC(=O)c1cccs1)NCc1ccc(NC(=O)c2ccco2)cc1. The van der Waals surface area contributed by atoms with Crippen molar-refractivity contribution in [1.29, 1.82) is 0 Å². The molecule has 138 valence electrons. The Morgan fingerprint density at radius 1 is 0.963 bits per heavy atom. The van der Waals surface area contributed by atoms with E-state index in [0.29, 0.717) is 17.1 Å². The molecule has 0 bridgehead atoms. The van der Waals surface area contributed by atoms with Crippen molar-refractivity contribution in [3.05, 3.63) is 76.4 Å². The number of hydrogen-bond donors (Lipinski definition) is 2. The zero-order valence-electron chi connectivity index (χ0n) is 14.4. The molecule has 0 aliphatic carbocycles. The lowest BCUT2D eigenvalue weighted by Gasteiger charge is -2.07. The van der Waals surface area contributed by atoms with Crippen LogP contribution in [0.15, 0.2) is 64.6 Å². The van der Waals surface area contributed by atoms with Crippen LogP contribution in [0.3, 0.4) is 0 Å². The molecule has 2 N–H and O–H groups in total. The van der Waals surface area contributed by atoms with Gasteiger partial charge in [-0.3, -0.25) is 14.4 Å². The van der Waals surface area contributed by atoms with Crippen molar-refractivity contribution in [1.82, 2.24) is 5.32 Å². The largest absolute Gasteiger partial charge is 0.459 e. The van der Waals surface area contributed by atoms with E-state index in [1.165, 1.54) is 17.6 Å². The minimum atomic E-state index is -0.323. The topological polar surface area (TPSA) is 88.4 Å². The second kappa shape index (κ2) is 8.95. The van der Waals surface area contributed by atoms with E-state index in [1.807, 2.05) is 23.6 Å². The van der Waals surface area contributed by atoms with Gasteiger partial charge in [0.2, 0.25) is 5.91 Å². The molecule has 6 nitrogen and oxygen atoms in total. The highest BCUT2D eigenvalue weighted by Gasteiger charge is 2.10.